The van der Waals surface area contributed by atoms with Gasteiger partial charge in [0.15, 0.2) is 0 Å². The zero-order valence-corrected chi connectivity index (χ0v) is 10.9. The molecule has 2 rings (SSSR count). The predicted octanol–water partition coefficient (Wildman–Crippen LogP) is 2.62. The number of aliphatic hydroxyl groups is 1. The molecule has 1 saturated carbocycles. The highest BCUT2D eigenvalue weighted by Gasteiger charge is 2.45. The molecular formula is C13H18O3S. The molecule has 0 unspecified atom stereocenters. The molecule has 94 valence electrons. The van der Waals surface area contributed by atoms with Crippen LogP contribution in [0.3, 0.4) is 0 Å². The van der Waals surface area contributed by atoms with Crippen molar-refractivity contribution in [2.45, 2.75) is 44.6 Å². The van der Waals surface area contributed by atoms with Gasteiger partial charge in [-0.15, -0.1) is 11.3 Å². The van der Waals surface area contributed by atoms with Gasteiger partial charge in [0.25, 0.3) is 0 Å². The summed E-state index contributed by atoms with van der Waals surface area (Å²) in [6, 6.07) is 3.87. The van der Waals surface area contributed by atoms with Crippen LogP contribution in [-0.2, 0) is 21.6 Å². The minimum atomic E-state index is -0.436. The first-order valence-electron chi connectivity index (χ1n) is 6.10. The Morgan fingerprint density at radius 1 is 1.47 bits per heavy atom. The minimum absolute atomic E-state index is 0.0452. The van der Waals surface area contributed by atoms with Gasteiger partial charge in [0.1, 0.15) is 5.41 Å². The maximum absolute atomic E-state index is 12.2. The van der Waals surface area contributed by atoms with Gasteiger partial charge in [-0.2, -0.15) is 0 Å². The van der Waals surface area contributed by atoms with Crippen molar-refractivity contribution in [3.8, 4) is 0 Å². The van der Waals surface area contributed by atoms with Crippen molar-refractivity contribution in [2.24, 2.45) is 0 Å². The molecule has 1 aliphatic carbocycles. The van der Waals surface area contributed by atoms with E-state index in [0.29, 0.717) is 6.61 Å². The van der Waals surface area contributed by atoms with E-state index in [1.165, 1.54) is 11.3 Å². The normalized spacial score (nSPS) is 18.2. The Hall–Kier alpha value is -0.870. The first-order valence-corrected chi connectivity index (χ1v) is 6.92. The van der Waals surface area contributed by atoms with Crippen molar-refractivity contribution in [3.63, 3.8) is 0 Å². The molecule has 0 aliphatic heterocycles. The third-order valence-electron chi connectivity index (χ3n) is 3.41. The maximum Gasteiger partial charge on any atom is 0.317 e. The number of esters is 1. The molecule has 0 aromatic carbocycles. The van der Waals surface area contributed by atoms with Crippen LogP contribution in [0.1, 0.15) is 42.4 Å². The molecule has 1 aromatic rings. The van der Waals surface area contributed by atoms with Gasteiger partial charge in [0.05, 0.1) is 13.2 Å². The second kappa shape index (κ2) is 5.19. The summed E-state index contributed by atoms with van der Waals surface area (Å²) < 4.78 is 5.23. The summed E-state index contributed by atoms with van der Waals surface area (Å²) in [4.78, 5) is 14.2. The van der Waals surface area contributed by atoms with Crippen LogP contribution in [0.5, 0.6) is 0 Å². The van der Waals surface area contributed by atoms with E-state index < -0.39 is 5.41 Å². The number of aliphatic hydroxyl groups excluding tert-OH is 1. The fraction of sp³-hybridized carbons (Fsp3) is 0.615. The van der Waals surface area contributed by atoms with Crippen LogP contribution in [-0.4, -0.2) is 17.7 Å². The van der Waals surface area contributed by atoms with Crippen molar-refractivity contribution < 1.29 is 14.6 Å². The van der Waals surface area contributed by atoms with E-state index >= 15 is 0 Å². The molecule has 0 atom stereocenters. The number of carbonyl (C=O) groups excluding carboxylic acids is 1. The van der Waals surface area contributed by atoms with E-state index in [9.17, 15) is 4.79 Å². The highest BCUT2D eigenvalue weighted by molar-refractivity contribution is 7.12. The van der Waals surface area contributed by atoms with E-state index in [-0.39, 0.29) is 12.6 Å². The zero-order valence-electron chi connectivity index (χ0n) is 10.1. The average molecular weight is 254 g/mol. The lowest BCUT2D eigenvalue weighted by molar-refractivity contribution is -0.149. The van der Waals surface area contributed by atoms with E-state index in [1.807, 2.05) is 19.1 Å². The fourth-order valence-corrected chi connectivity index (χ4v) is 3.62. The predicted molar refractivity (Wildman–Crippen MR) is 67.0 cm³/mol. The van der Waals surface area contributed by atoms with Gasteiger partial charge in [0, 0.05) is 9.75 Å². The SMILES string of the molecule is CCOC(=O)C1(c2ccc(CO)s2)CCCC1. The minimum Gasteiger partial charge on any atom is -0.465 e. The van der Waals surface area contributed by atoms with Crippen molar-refractivity contribution in [1.82, 2.24) is 0 Å². The van der Waals surface area contributed by atoms with Gasteiger partial charge < -0.3 is 9.84 Å². The van der Waals surface area contributed by atoms with Crippen molar-refractivity contribution >= 4 is 17.3 Å². The van der Waals surface area contributed by atoms with Crippen LogP contribution >= 0.6 is 11.3 Å². The van der Waals surface area contributed by atoms with Gasteiger partial charge in [-0.05, 0) is 31.9 Å². The molecule has 17 heavy (non-hydrogen) atoms. The number of hydrogen-bond acceptors (Lipinski definition) is 4. The number of hydrogen-bond donors (Lipinski definition) is 1. The Morgan fingerprint density at radius 2 is 2.18 bits per heavy atom. The number of thiophene rings is 1. The monoisotopic (exact) mass is 254 g/mol. The molecular weight excluding hydrogens is 236 g/mol. The van der Waals surface area contributed by atoms with Crippen LogP contribution in [0, 0.1) is 0 Å². The van der Waals surface area contributed by atoms with Gasteiger partial charge in [-0.1, -0.05) is 12.8 Å². The van der Waals surface area contributed by atoms with Crippen LogP contribution < -0.4 is 0 Å². The summed E-state index contributed by atoms with van der Waals surface area (Å²) >= 11 is 1.53. The molecule has 1 N–H and O–H groups in total. The largest absolute Gasteiger partial charge is 0.465 e. The topological polar surface area (TPSA) is 46.5 Å². The van der Waals surface area contributed by atoms with Crippen LogP contribution in [0.25, 0.3) is 0 Å². The average Bonchev–Trinajstić information content (AvgIpc) is 2.99. The summed E-state index contributed by atoms with van der Waals surface area (Å²) in [5.74, 6) is -0.0937. The Kier molecular flexibility index (Phi) is 3.84. The molecule has 4 heteroatoms. The lowest BCUT2D eigenvalue weighted by Gasteiger charge is -2.25. The number of carbonyl (C=O) groups is 1. The summed E-state index contributed by atoms with van der Waals surface area (Å²) in [5, 5.41) is 9.11. The molecule has 0 radical (unpaired) electrons. The molecule has 1 aromatic heterocycles. The molecule has 0 saturated heterocycles. The Balaban J connectivity index is 2.30. The summed E-state index contributed by atoms with van der Waals surface area (Å²) in [5.41, 5.74) is -0.436. The van der Waals surface area contributed by atoms with E-state index in [2.05, 4.69) is 0 Å². The van der Waals surface area contributed by atoms with Gasteiger partial charge in [-0.25, -0.2) is 0 Å². The highest BCUT2D eigenvalue weighted by Crippen LogP contribution is 2.44. The molecule has 0 spiro atoms. The zero-order chi connectivity index (χ0) is 12.3. The maximum atomic E-state index is 12.2. The summed E-state index contributed by atoms with van der Waals surface area (Å²) in [6.07, 6.45) is 3.89. The smallest absolute Gasteiger partial charge is 0.317 e. The number of rotatable bonds is 4. The Morgan fingerprint density at radius 3 is 2.71 bits per heavy atom. The molecule has 0 amide bonds. The lowest BCUT2D eigenvalue weighted by Crippen LogP contribution is -2.33. The molecule has 1 fully saturated rings. The fourth-order valence-electron chi connectivity index (χ4n) is 2.52. The highest BCUT2D eigenvalue weighted by atomic mass is 32.1. The van der Waals surface area contributed by atoms with E-state index in [4.69, 9.17) is 9.84 Å². The first-order chi connectivity index (χ1) is 8.23. The van der Waals surface area contributed by atoms with E-state index in [1.54, 1.807) is 0 Å². The third kappa shape index (κ3) is 2.24. The molecule has 1 aliphatic rings. The first kappa shape index (κ1) is 12.6. The van der Waals surface area contributed by atoms with E-state index in [0.717, 1.165) is 35.4 Å². The van der Waals surface area contributed by atoms with Crippen LogP contribution in [0.15, 0.2) is 12.1 Å². The van der Waals surface area contributed by atoms with Gasteiger partial charge in [0.2, 0.25) is 0 Å². The molecule has 0 bridgehead atoms. The summed E-state index contributed by atoms with van der Waals surface area (Å²) in [7, 11) is 0. The standard InChI is InChI=1S/C13H18O3S/c1-2-16-12(15)13(7-3-4-8-13)11-6-5-10(9-14)17-11/h5-6,14H,2-4,7-9H2,1H3. The summed E-state index contributed by atoms with van der Waals surface area (Å²) in [6.45, 7) is 2.32. The molecule has 1 heterocycles. The lowest BCUT2D eigenvalue weighted by atomic mass is 9.84. The second-order valence-corrected chi connectivity index (χ2v) is 5.60. The van der Waals surface area contributed by atoms with Crippen molar-refractivity contribution in [1.29, 1.82) is 0 Å². The van der Waals surface area contributed by atoms with Gasteiger partial charge in [-0.3, -0.25) is 4.79 Å². The van der Waals surface area contributed by atoms with Gasteiger partial charge >= 0.3 is 5.97 Å². The van der Waals surface area contributed by atoms with Crippen LogP contribution in [0.2, 0.25) is 0 Å². The molecule has 3 nitrogen and oxygen atoms in total. The third-order valence-corrected chi connectivity index (χ3v) is 4.69. The van der Waals surface area contributed by atoms with Crippen molar-refractivity contribution in [2.75, 3.05) is 6.61 Å². The number of ether oxygens (including phenoxy) is 1. The Bertz CT molecular complexity index is 391. The second-order valence-electron chi connectivity index (χ2n) is 4.43. The Labute approximate surface area is 105 Å². The van der Waals surface area contributed by atoms with Crippen molar-refractivity contribution in [3.05, 3.63) is 21.9 Å². The quantitative estimate of drug-likeness (QED) is 0.840. The van der Waals surface area contributed by atoms with Crippen LogP contribution in [0.4, 0.5) is 0 Å².